The van der Waals surface area contributed by atoms with Gasteiger partial charge in [0.25, 0.3) is 0 Å². The van der Waals surface area contributed by atoms with Crippen LogP contribution in [-0.2, 0) is 27.3 Å². The first-order chi connectivity index (χ1) is 15.9. The number of morpholine rings is 1. The van der Waals surface area contributed by atoms with E-state index in [1.54, 1.807) is 17.0 Å². The van der Waals surface area contributed by atoms with Gasteiger partial charge in [0.15, 0.2) is 0 Å². The van der Waals surface area contributed by atoms with Crippen molar-refractivity contribution in [3.05, 3.63) is 71.5 Å². The molecule has 1 aliphatic rings. The number of hydrogen-bond donors (Lipinski definition) is 1. The van der Waals surface area contributed by atoms with Crippen molar-refractivity contribution in [2.45, 2.75) is 32.9 Å². The van der Waals surface area contributed by atoms with E-state index in [0.29, 0.717) is 26.2 Å². The minimum Gasteiger partial charge on any atom is -0.379 e. The molecular formula is C26H34FN3O3. The van der Waals surface area contributed by atoms with Crippen molar-refractivity contribution in [3.63, 3.8) is 0 Å². The highest BCUT2D eigenvalue weighted by Gasteiger charge is 2.31. The average molecular weight is 456 g/mol. The molecular weight excluding hydrogens is 421 g/mol. The van der Waals surface area contributed by atoms with Crippen molar-refractivity contribution in [2.75, 3.05) is 39.4 Å². The molecule has 2 aromatic carbocycles. The van der Waals surface area contributed by atoms with E-state index in [0.717, 1.165) is 30.8 Å². The Hall–Kier alpha value is -2.77. The van der Waals surface area contributed by atoms with Crippen LogP contribution in [0.25, 0.3) is 0 Å². The van der Waals surface area contributed by atoms with E-state index in [4.69, 9.17) is 4.74 Å². The molecule has 0 bridgehead atoms. The van der Waals surface area contributed by atoms with Gasteiger partial charge in [0, 0.05) is 45.1 Å². The molecule has 1 saturated heterocycles. The van der Waals surface area contributed by atoms with E-state index in [1.807, 2.05) is 44.2 Å². The van der Waals surface area contributed by atoms with Crippen LogP contribution >= 0.6 is 0 Å². The summed E-state index contributed by atoms with van der Waals surface area (Å²) >= 11 is 0. The van der Waals surface area contributed by atoms with Crippen molar-refractivity contribution in [3.8, 4) is 0 Å². The predicted octanol–water partition coefficient (Wildman–Crippen LogP) is 2.87. The first-order valence-corrected chi connectivity index (χ1v) is 11.6. The molecule has 33 heavy (non-hydrogen) atoms. The summed E-state index contributed by atoms with van der Waals surface area (Å²) in [6.45, 7) is 8.26. The number of amides is 2. The van der Waals surface area contributed by atoms with Crippen LogP contribution in [0.4, 0.5) is 4.39 Å². The van der Waals surface area contributed by atoms with Gasteiger partial charge in [-0.2, -0.15) is 0 Å². The van der Waals surface area contributed by atoms with Crippen LogP contribution < -0.4 is 5.32 Å². The quantitative estimate of drug-likeness (QED) is 0.599. The summed E-state index contributed by atoms with van der Waals surface area (Å²) in [6.07, 6.45) is 0.407. The molecule has 2 amide bonds. The van der Waals surface area contributed by atoms with Gasteiger partial charge in [-0.3, -0.25) is 14.5 Å². The molecule has 0 aliphatic carbocycles. The molecule has 178 valence electrons. The lowest BCUT2D eigenvalue weighted by atomic mass is 10.0. The number of benzene rings is 2. The van der Waals surface area contributed by atoms with Gasteiger partial charge in [0.1, 0.15) is 11.9 Å². The number of carbonyl (C=O) groups excluding carboxylic acids is 2. The fourth-order valence-electron chi connectivity index (χ4n) is 3.92. The van der Waals surface area contributed by atoms with E-state index in [1.165, 1.54) is 12.1 Å². The lowest BCUT2D eigenvalue weighted by Crippen LogP contribution is -2.52. The summed E-state index contributed by atoms with van der Waals surface area (Å²) in [4.78, 5) is 30.5. The fraction of sp³-hybridized carbons (Fsp3) is 0.462. The molecule has 0 saturated carbocycles. The maximum absolute atomic E-state index is 13.4. The fourth-order valence-corrected chi connectivity index (χ4v) is 3.92. The molecule has 1 fully saturated rings. The third-order valence-corrected chi connectivity index (χ3v) is 5.82. The van der Waals surface area contributed by atoms with E-state index in [-0.39, 0.29) is 30.1 Å². The van der Waals surface area contributed by atoms with Crippen LogP contribution in [0.1, 0.15) is 25.0 Å². The Morgan fingerprint density at radius 2 is 1.70 bits per heavy atom. The van der Waals surface area contributed by atoms with E-state index in [2.05, 4.69) is 10.2 Å². The van der Waals surface area contributed by atoms with Crippen molar-refractivity contribution < 1.29 is 18.7 Å². The zero-order chi connectivity index (χ0) is 23.6. The van der Waals surface area contributed by atoms with Crippen molar-refractivity contribution in [1.82, 2.24) is 15.1 Å². The molecule has 0 aromatic heterocycles. The summed E-state index contributed by atoms with van der Waals surface area (Å²) in [5, 5.41) is 3.04. The van der Waals surface area contributed by atoms with Crippen molar-refractivity contribution in [1.29, 1.82) is 0 Å². The highest BCUT2D eigenvalue weighted by Crippen LogP contribution is 2.17. The Bertz CT molecular complexity index is 883. The number of nitrogens with zero attached hydrogens (tertiary/aromatic N) is 2. The van der Waals surface area contributed by atoms with Gasteiger partial charge in [-0.05, 0) is 23.3 Å². The van der Waals surface area contributed by atoms with Crippen LogP contribution in [-0.4, -0.2) is 67.0 Å². The normalized spacial score (nSPS) is 15.3. The summed E-state index contributed by atoms with van der Waals surface area (Å²) in [5.41, 5.74) is 1.76. The number of halogens is 1. The smallest absolute Gasteiger partial charge is 0.243 e. The van der Waals surface area contributed by atoms with Gasteiger partial charge in [-0.1, -0.05) is 56.3 Å². The van der Waals surface area contributed by atoms with E-state index < -0.39 is 6.04 Å². The van der Waals surface area contributed by atoms with Gasteiger partial charge in [0.2, 0.25) is 11.8 Å². The minimum atomic E-state index is -0.669. The Labute approximate surface area is 195 Å². The zero-order valence-corrected chi connectivity index (χ0v) is 19.5. The van der Waals surface area contributed by atoms with Gasteiger partial charge >= 0.3 is 0 Å². The summed E-state index contributed by atoms with van der Waals surface area (Å²) in [5.74, 6) is -0.890. The summed E-state index contributed by atoms with van der Waals surface area (Å²) in [6, 6.07) is 15.1. The van der Waals surface area contributed by atoms with Gasteiger partial charge in [-0.25, -0.2) is 4.39 Å². The maximum atomic E-state index is 13.4. The standard InChI is InChI=1S/C26H34FN3O3/c1-20(2)26(32)30(19-22-8-10-23(27)11-9-22)24(18-21-6-4-3-5-7-21)25(31)28-12-13-29-14-16-33-17-15-29/h3-11,20,24H,12-19H2,1-2H3,(H,28,31)/t24-/m0/s1. The maximum Gasteiger partial charge on any atom is 0.243 e. The Morgan fingerprint density at radius 3 is 2.33 bits per heavy atom. The monoisotopic (exact) mass is 455 g/mol. The first kappa shape index (κ1) is 24.9. The molecule has 1 heterocycles. The topological polar surface area (TPSA) is 61.9 Å². The molecule has 1 N–H and O–H groups in total. The van der Waals surface area contributed by atoms with Crippen LogP contribution in [0.3, 0.4) is 0 Å². The molecule has 3 rings (SSSR count). The molecule has 7 heteroatoms. The molecule has 6 nitrogen and oxygen atoms in total. The Morgan fingerprint density at radius 1 is 1.03 bits per heavy atom. The van der Waals surface area contributed by atoms with Gasteiger partial charge in [0.05, 0.1) is 13.2 Å². The zero-order valence-electron chi connectivity index (χ0n) is 19.5. The third-order valence-electron chi connectivity index (χ3n) is 5.82. The number of ether oxygens (including phenoxy) is 1. The highest BCUT2D eigenvalue weighted by atomic mass is 19.1. The SMILES string of the molecule is CC(C)C(=O)N(Cc1ccc(F)cc1)[C@@H](Cc1ccccc1)C(=O)NCCN1CCOCC1. The minimum absolute atomic E-state index is 0.108. The van der Waals surface area contributed by atoms with Crippen molar-refractivity contribution >= 4 is 11.8 Å². The van der Waals surface area contributed by atoms with Gasteiger partial charge in [-0.15, -0.1) is 0 Å². The second-order valence-electron chi connectivity index (χ2n) is 8.70. The number of rotatable bonds is 10. The van der Waals surface area contributed by atoms with Crippen LogP contribution in [0, 0.1) is 11.7 Å². The molecule has 0 spiro atoms. The second-order valence-corrected chi connectivity index (χ2v) is 8.70. The highest BCUT2D eigenvalue weighted by molar-refractivity contribution is 5.88. The lowest BCUT2D eigenvalue weighted by Gasteiger charge is -2.33. The van der Waals surface area contributed by atoms with Crippen molar-refractivity contribution in [2.24, 2.45) is 5.92 Å². The van der Waals surface area contributed by atoms with Crippen LogP contribution in [0.2, 0.25) is 0 Å². The number of nitrogens with one attached hydrogen (secondary N) is 1. The lowest BCUT2D eigenvalue weighted by molar-refractivity contribution is -0.143. The van der Waals surface area contributed by atoms with E-state index in [9.17, 15) is 14.0 Å². The summed E-state index contributed by atoms with van der Waals surface area (Å²) < 4.78 is 18.8. The Balaban J connectivity index is 1.78. The average Bonchev–Trinajstić information content (AvgIpc) is 2.83. The van der Waals surface area contributed by atoms with Crippen LogP contribution in [0.5, 0.6) is 0 Å². The predicted molar refractivity (Wildman–Crippen MR) is 126 cm³/mol. The molecule has 0 unspecified atom stereocenters. The molecule has 1 aliphatic heterocycles. The van der Waals surface area contributed by atoms with Gasteiger partial charge < -0.3 is 15.0 Å². The largest absolute Gasteiger partial charge is 0.379 e. The molecule has 2 aromatic rings. The molecule has 0 radical (unpaired) electrons. The first-order valence-electron chi connectivity index (χ1n) is 11.6. The third kappa shape index (κ3) is 7.65. The summed E-state index contributed by atoms with van der Waals surface area (Å²) in [7, 11) is 0. The molecule has 1 atom stereocenters. The number of hydrogen-bond acceptors (Lipinski definition) is 4. The van der Waals surface area contributed by atoms with E-state index >= 15 is 0 Å². The van der Waals surface area contributed by atoms with Crippen LogP contribution in [0.15, 0.2) is 54.6 Å². The number of carbonyl (C=O) groups is 2. The second kappa shape index (κ2) is 12.5. The Kier molecular flexibility index (Phi) is 9.39.